The van der Waals surface area contributed by atoms with Gasteiger partial charge in [-0.05, 0) is 48.7 Å². The molecular formula is C23H22N6O4. The van der Waals surface area contributed by atoms with Gasteiger partial charge in [-0.3, -0.25) is 0 Å². The molecule has 0 aliphatic rings. The molecule has 4 rings (SSSR count). The Labute approximate surface area is 188 Å². The molecule has 2 aromatic heterocycles. The van der Waals surface area contributed by atoms with E-state index in [4.69, 9.17) is 10.5 Å². The van der Waals surface area contributed by atoms with Gasteiger partial charge in [0.05, 0.1) is 5.39 Å². The van der Waals surface area contributed by atoms with Gasteiger partial charge < -0.3 is 31.2 Å². The molecule has 0 saturated heterocycles. The molecule has 168 valence electrons. The molecule has 2 amide bonds. The van der Waals surface area contributed by atoms with Gasteiger partial charge >= 0.3 is 12.0 Å². The summed E-state index contributed by atoms with van der Waals surface area (Å²) in [5, 5.41) is 15.3. The number of anilines is 2. The van der Waals surface area contributed by atoms with Crippen LogP contribution in [-0.4, -0.2) is 38.1 Å². The zero-order valence-corrected chi connectivity index (χ0v) is 17.5. The molecule has 10 heteroatoms. The number of hydrogen-bond acceptors (Lipinski definition) is 6. The van der Waals surface area contributed by atoms with Crippen molar-refractivity contribution in [2.24, 2.45) is 0 Å². The largest absolute Gasteiger partial charge is 0.480 e. The molecule has 0 unspecified atom stereocenters. The lowest BCUT2D eigenvalue weighted by Crippen LogP contribution is -2.43. The summed E-state index contributed by atoms with van der Waals surface area (Å²) in [5.74, 6) is -0.229. The van der Waals surface area contributed by atoms with Gasteiger partial charge in [0, 0.05) is 11.9 Å². The highest BCUT2D eigenvalue weighted by Crippen LogP contribution is 2.28. The van der Waals surface area contributed by atoms with Crippen molar-refractivity contribution in [3.05, 3.63) is 72.4 Å². The second-order valence-corrected chi connectivity index (χ2v) is 7.27. The van der Waals surface area contributed by atoms with E-state index < -0.39 is 18.0 Å². The summed E-state index contributed by atoms with van der Waals surface area (Å²) in [6.45, 7) is 0. The predicted octanol–water partition coefficient (Wildman–Crippen LogP) is 3.54. The van der Waals surface area contributed by atoms with Crippen molar-refractivity contribution >= 4 is 34.7 Å². The Morgan fingerprint density at radius 2 is 1.82 bits per heavy atom. The number of carboxylic acids is 1. The molecule has 10 nitrogen and oxygen atoms in total. The van der Waals surface area contributed by atoms with Crippen LogP contribution in [0.1, 0.15) is 12.0 Å². The van der Waals surface area contributed by atoms with Gasteiger partial charge in [-0.15, -0.1) is 0 Å². The zero-order valence-electron chi connectivity index (χ0n) is 17.5. The second kappa shape index (κ2) is 9.69. The van der Waals surface area contributed by atoms with E-state index in [2.05, 4.69) is 25.6 Å². The number of carboxylic acid groups (broad SMARTS) is 1. The summed E-state index contributed by atoms with van der Waals surface area (Å²) < 4.78 is 5.80. The number of ether oxygens (including phenoxy) is 1. The average molecular weight is 446 g/mol. The molecule has 33 heavy (non-hydrogen) atoms. The number of benzene rings is 2. The Morgan fingerprint density at radius 3 is 2.55 bits per heavy atom. The van der Waals surface area contributed by atoms with Crippen molar-refractivity contribution in [2.75, 3.05) is 11.1 Å². The van der Waals surface area contributed by atoms with E-state index in [-0.39, 0.29) is 12.4 Å². The SMILES string of the molecule is Nc1nc(Oc2ccc(NC(=O)N[C@H](CCc3ccccc3)C(=O)O)cc2)c2cc[nH]c2n1. The molecule has 0 spiro atoms. The maximum absolute atomic E-state index is 12.3. The Bertz CT molecular complexity index is 1260. The predicted molar refractivity (Wildman–Crippen MR) is 123 cm³/mol. The van der Waals surface area contributed by atoms with E-state index in [9.17, 15) is 14.7 Å². The third-order valence-electron chi connectivity index (χ3n) is 4.89. The Morgan fingerprint density at radius 1 is 1.06 bits per heavy atom. The highest BCUT2D eigenvalue weighted by Gasteiger charge is 2.20. The first-order valence-electron chi connectivity index (χ1n) is 10.2. The molecule has 0 radical (unpaired) electrons. The molecule has 0 saturated carbocycles. The molecule has 2 aromatic carbocycles. The van der Waals surface area contributed by atoms with Crippen LogP contribution in [0.5, 0.6) is 11.6 Å². The van der Waals surface area contributed by atoms with Crippen LogP contribution >= 0.6 is 0 Å². The number of carbonyl (C=O) groups excluding carboxylic acids is 1. The third kappa shape index (κ3) is 5.56. The van der Waals surface area contributed by atoms with Gasteiger partial charge in [0.1, 0.15) is 17.4 Å². The maximum atomic E-state index is 12.3. The van der Waals surface area contributed by atoms with Crippen molar-refractivity contribution in [1.82, 2.24) is 20.3 Å². The number of nitrogen functional groups attached to an aromatic ring is 1. The van der Waals surface area contributed by atoms with Crippen LogP contribution in [0.25, 0.3) is 11.0 Å². The smallest absolute Gasteiger partial charge is 0.326 e. The van der Waals surface area contributed by atoms with Gasteiger partial charge in [0.25, 0.3) is 0 Å². The lowest BCUT2D eigenvalue weighted by atomic mass is 10.1. The van der Waals surface area contributed by atoms with Crippen LogP contribution in [-0.2, 0) is 11.2 Å². The zero-order chi connectivity index (χ0) is 23.2. The number of nitrogens with one attached hydrogen (secondary N) is 3. The van der Waals surface area contributed by atoms with Gasteiger partial charge in [0.15, 0.2) is 0 Å². The fourth-order valence-electron chi connectivity index (χ4n) is 3.26. The minimum atomic E-state index is -1.09. The van der Waals surface area contributed by atoms with E-state index in [1.165, 1.54) is 0 Å². The van der Waals surface area contributed by atoms with Crippen molar-refractivity contribution < 1.29 is 19.4 Å². The van der Waals surface area contributed by atoms with Gasteiger partial charge in [-0.1, -0.05) is 30.3 Å². The second-order valence-electron chi connectivity index (χ2n) is 7.27. The summed E-state index contributed by atoms with van der Waals surface area (Å²) in [7, 11) is 0. The fraction of sp³-hybridized carbons (Fsp3) is 0.130. The van der Waals surface area contributed by atoms with E-state index in [0.717, 1.165) is 5.56 Å². The van der Waals surface area contributed by atoms with Gasteiger partial charge in [-0.25, -0.2) is 9.59 Å². The van der Waals surface area contributed by atoms with Crippen LogP contribution < -0.4 is 21.1 Å². The van der Waals surface area contributed by atoms with Gasteiger partial charge in [-0.2, -0.15) is 9.97 Å². The number of aryl methyl sites for hydroxylation is 1. The molecule has 6 N–H and O–H groups in total. The number of rotatable bonds is 8. The highest BCUT2D eigenvalue weighted by atomic mass is 16.5. The number of aromatic nitrogens is 3. The summed E-state index contributed by atoms with van der Waals surface area (Å²) >= 11 is 0. The lowest BCUT2D eigenvalue weighted by molar-refractivity contribution is -0.139. The number of nitrogens with two attached hydrogens (primary N) is 1. The quantitative estimate of drug-likeness (QED) is 0.277. The van der Waals surface area contributed by atoms with Crippen molar-refractivity contribution in [3.8, 4) is 11.6 Å². The van der Waals surface area contributed by atoms with E-state index in [0.29, 0.717) is 34.8 Å². The first kappa shape index (κ1) is 21.6. The number of urea groups is 1. The maximum Gasteiger partial charge on any atom is 0.326 e. The Balaban J connectivity index is 1.35. The number of aromatic amines is 1. The average Bonchev–Trinajstić information content (AvgIpc) is 3.27. The van der Waals surface area contributed by atoms with Crippen molar-refractivity contribution in [2.45, 2.75) is 18.9 Å². The monoisotopic (exact) mass is 446 g/mol. The van der Waals surface area contributed by atoms with Crippen molar-refractivity contribution in [3.63, 3.8) is 0 Å². The van der Waals surface area contributed by atoms with Crippen LogP contribution in [0.3, 0.4) is 0 Å². The summed E-state index contributed by atoms with van der Waals surface area (Å²) in [6.07, 6.45) is 2.52. The standard InChI is InChI=1S/C23H22N6O4/c24-22-28-19-17(12-13-25-19)20(29-22)33-16-9-7-15(8-10-16)26-23(32)27-18(21(30)31)11-6-14-4-2-1-3-5-14/h1-5,7-10,12-13,18H,6,11H2,(H,30,31)(H2,26,27,32)(H3,24,25,28,29)/t18-/m1/s1. The molecule has 0 fully saturated rings. The van der Waals surface area contributed by atoms with Crippen LogP contribution in [0.15, 0.2) is 66.9 Å². The summed E-state index contributed by atoms with van der Waals surface area (Å²) in [5.41, 5.74) is 7.75. The van der Waals surface area contributed by atoms with Crippen LogP contribution in [0.2, 0.25) is 0 Å². The summed E-state index contributed by atoms with van der Waals surface area (Å²) in [6, 6.07) is 16.2. The highest BCUT2D eigenvalue weighted by molar-refractivity contribution is 5.92. The number of hydrogen-bond donors (Lipinski definition) is 5. The number of fused-ring (bicyclic) bond motifs is 1. The molecule has 0 aliphatic carbocycles. The van der Waals surface area contributed by atoms with Crippen molar-refractivity contribution in [1.29, 1.82) is 0 Å². The molecular weight excluding hydrogens is 424 g/mol. The number of amides is 2. The lowest BCUT2D eigenvalue weighted by Gasteiger charge is -2.15. The molecule has 4 aromatic rings. The normalized spacial score (nSPS) is 11.6. The Kier molecular flexibility index (Phi) is 6.35. The van der Waals surface area contributed by atoms with Gasteiger partial charge in [0.2, 0.25) is 11.8 Å². The fourth-order valence-corrected chi connectivity index (χ4v) is 3.26. The van der Waals surface area contributed by atoms with Crippen LogP contribution in [0.4, 0.5) is 16.4 Å². The minimum absolute atomic E-state index is 0.0788. The molecule has 0 bridgehead atoms. The van der Waals surface area contributed by atoms with Crippen LogP contribution in [0, 0.1) is 0 Å². The molecule has 2 heterocycles. The third-order valence-corrected chi connectivity index (χ3v) is 4.89. The van der Waals surface area contributed by atoms with E-state index >= 15 is 0 Å². The molecule has 0 aliphatic heterocycles. The number of H-pyrrole nitrogens is 1. The minimum Gasteiger partial charge on any atom is -0.480 e. The number of carbonyl (C=O) groups is 2. The Hall–Kier alpha value is -4.60. The first-order valence-corrected chi connectivity index (χ1v) is 10.2. The number of aliphatic carboxylic acids is 1. The number of nitrogens with zero attached hydrogens (tertiary/aromatic N) is 2. The topological polar surface area (TPSA) is 155 Å². The molecule has 1 atom stereocenters. The first-order chi connectivity index (χ1) is 16.0. The van der Waals surface area contributed by atoms with E-state index in [1.807, 2.05) is 30.3 Å². The van der Waals surface area contributed by atoms with E-state index in [1.54, 1.807) is 36.5 Å². The summed E-state index contributed by atoms with van der Waals surface area (Å²) in [4.78, 5) is 35.0.